The van der Waals surface area contributed by atoms with Crippen LogP contribution in [-0.2, 0) is 4.74 Å². The minimum atomic E-state index is -1.01. The fourth-order valence-electron chi connectivity index (χ4n) is 2.43. The van der Waals surface area contributed by atoms with E-state index in [2.05, 4.69) is 0 Å². The van der Waals surface area contributed by atoms with Gasteiger partial charge in [0.2, 0.25) is 5.78 Å². The Bertz CT molecular complexity index is 999. The van der Waals surface area contributed by atoms with Crippen molar-refractivity contribution in [2.24, 2.45) is 0 Å². The summed E-state index contributed by atoms with van der Waals surface area (Å²) in [5.74, 6) is -1.22. The fourth-order valence-corrected chi connectivity index (χ4v) is 2.43. The second-order valence-corrected chi connectivity index (χ2v) is 5.76. The number of rotatable bonds is 4. The molecule has 0 saturated carbocycles. The quantitative estimate of drug-likeness (QED) is 0.414. The van der Waals surface area contributed by atoms with Gasteiger partial charge in [-0.1, -0.05) is 48.0 Å². The maximum absolute atomic E-state index is 12.3. The van der Waals surface area contributed by atoms with E-state index in [9.17, 15) is 14.4 Å². The third-order valence-electron chi connectivity index (χ3n) is 3.85. The number of para-hydroxylation sites is 1. The van der Waals surface area contributed by atoms with Crippen molar-refractivity contribution in [3.05, 3.63) is 81.7 Å². The maximum atomic E-state index is 12.3. The minimum absolute atomic E-state index is 0.234. The normalized spacial score (nSPS) is 11.9. The summed E-state index contributed by atoms with van der Waals surface area (Å²) in [5.41, 5.74) is 0.820. The van der Waals surface area contributed by atoms with E-state index in [-0.39, 0.29) is 11.3 Å². The van der Waals surface area contributed by atoms with Crippen molar-refractivity contribution in [2.45, 2.75) is 20.0 Å². The largest absolute Gasteiger partial charge is 0.450 e. The Kier molecular flexibility index (Phi) is 4.48. The molecule has 25 heavy (non-hydrogen) atoms. The number of carbonyl (C=O) groups is 2. The van der Waals surface area contributed by atoms with Gasteiger partial charge in [0.15, 0.2) is 6.10 Å². The molecule has 0 spiro atoms. The molecule has 0 N–H and O–H groups in total. The van der Waals surface area contributed by atoms with Crippen LogP contribution >= 0.6 is 0 Å². The Morgan fingerprint density at radius 3 is 2.44 bits per heavy atom. The number of benzene rings is 2. The molecule has 1 aromatic heterocycles. The molecule has 0 radical (unpaired) electrons. The van der Waals surface area contributed by atoms with E-state index in [4.69, 9.17) is 9.15 Å². The Morgan fingerprint density at radius 1 is 1.04 bits per heavy atom. The number of aryl methyl sites for hydroxylation is 1. The lowest BCUT2D eigenvalue weighted by molar-refractivity contribution is 0.0315. The Labute approximate surface area is 143 Å². The lowest BCUT2D eigenvalue weighted by Crippen LogP contribution is -2.27. The SMILES string of the molecule is Cc1ccc(C(=O)C(C)OC(=O)c2cc3ccccc3oc2=O)cc1. The van der Waals surface area contributed by atoms with Crippen molar-refractivity contribution < 1.29 is 18.7 Å². The van der Waals surface area contributed by atoms with E-state index >= 15 is 0 Å². The van der Waals surface area contributed by atoms with E-state index in [0.717, 1.165) is 5.56 Å². The summed E-state index contributed by atoms with van der Waals surface area (Å²) in [6, 6.07) is 15.2. The summed E-state index contributed by atoms with van der Waals surface area (Å²) in [7, 11) is 0. The number of hydrogen-bond donors (Lipinski definition) is 0. The number of Topliss-reactive ketones (excluding diaryl/α,β-unsaturated/α-hetero) is 1. The molecule has 0 amide bonds. The average molecular weight is 336 g/mol. The molecule has 0 aliphatic heterocycles. The number of ether oxygens (including phenoxy) is 1. The average Bonchev–Trinajstić information content (AvgIpc) is 2.61. The summed E-state index contributed by atoms with van der Waals surface area (Å²) in [6.45, 7) is 3.39. The molecule has 1 atom stereocenters. The van der Waals surface area contributed by atoms with Crippen LogP contribution < -0.4 is 5.63 Å². The molecule has 1 unspecified atom stereocenters. The van der Waals surface area contributed by atoms with Crippen LogP contribution in [0.1, 0.15) is 33.2 Å². The number of ketones is 1. The first-order valence-electron chi connectivity index (χ1n) is 7.80. The number of fused-ring (bicyclic) bond motifs is 1. The second-order valence-electron chi connectivity index (χ2n) is 5.76. The van der Waals surface area contributed by atoms with E-state index < -0.39 is 17.7 Å². The highest BCUT2D eigenvalue weighted by Gasteiger charge is 2.23. The summed E-state index contributed by atoms with van der Waals surface area (Å²) >= 11 is 0. The molecule has 3 rings (SSSR count). The number of carbonyl (C=O) groups excluding carboxylic acids is 2. The van der Waals surface area contributed by atoms with Crippen LogP contribution in [-0.4, -0.2) is 17.9 Å². The zero-order chi connectivity index (χ0) is 18.0. The van der Waals surface area contributed by atoms with Gasteiger partial charge in [0.1, 0.15) is 11.1 Å². The monoisotopic (exact) mass is 336 g/mol. The lowest BCUT2D eigenvalue weighted by Gasteiger charge is -2.12. The molecular weight excluding hydrogens is 320 g/mol. The van der Waals surface area contributed by atoms with Crippen molar-refractivity contribution in [3.63, 3.8) is 0 Å². The van der Waals surface area contributed by atoms with Crippen molar-refractivity contribution in [3.8, 4) is 0 Å². The van der Waals surface area contributed by atoms with Gasteiger partial charge in [0, 0.05) is 10.9 Å². The second kappa shape index (κ2) is 6.73. The maximum Gasteiger partial charge on any atom is 0.351 e. The Hall–Kier alpha value is -3.21. The predicted octanol–water partition coefficient (Wildman–Crippen LogP) is 3.53. The highest BCUT2D eigenvalue weighted by Crippen LogP contribution is 2.14. The van der Waals surface area contributed by atoms with Gasteiger partial charge in [-0.25, -0.2) is 9.59 Å². The Balaban J connectivity index is 1.82. The predicted molar refractivity (Wildman–Crippen MR) is 92.9 cm³/mol. The Morgan fingerprint density at radius 2 is 1.72 bits per heavy atom. The van der Waals surface area contributed by atoms with Gasteiger partial charge >= 0.3 is 11.6 Å². The summed E-state index contributed by atoms with van der Waals surface area (Å²) in [4.78, 5) is 36.6. The molecule has 5 heteroatoms. The van der Waals surface area contributed by atoms with Gasteiger partial charge < -0.3 is 9.15 Å². The molecule has 0 saturated heterocycles. The molecule has 2 aromatic carbocycles. The molecule has 1 heterocycles. The molecule has 126 valence electrons. The van der Waals surface area contributed by atoms with Crippen LogP contribution in [0.4, 0.5) is 0 Å². The van der Waals surface area contributed by atoms with Crippen LogP contribution in [0.25, 0.3) is 11.0 Å². The topological polar surface area (TPSA) is 73.6 Å². The van der Waals surface area contributed by atoms with E-state index in [0.29, 0.717) is 16.5 Å². The van der Waals surface area contributed by atoms with Gasteiger partial charge in [-0.3, -0.25) is 4.79 Å². The molecular formula is C20H16O5. The first-order valence-corrected chi connectivity index (χ1v) is 7.80. The van der Waals surface area contributed by atoms with Crippen molar-refractivity contribution in [1.82, 2.24) is 0 Å². The number of esters is 1. The first kappa shape index (κ1) is 16.6. The van der Waals surface area contributed by atoms with Crippen molar-refractivity contribution in [2.75, 3.05) is 0 Å². The van der Waals surface area contributed by atoms with E-state index in [1.807, 2.05) is 6.92 Å². The standard InChI is InChI=1S/C20H16O5/c1-12-7-9-14(10-8-12)18(21)13(2)24-19(22)16-11-15-5-3-4-6-17(15)25-20(16)23/h3-11,13H,1-2H3. The van der Waals surface area contributed by atoms with Crippen molar-refractivity contribution in [1.29, 1.82) is 0 Å². The van der Waals surface area contributed by atoms with Gasteiger partial charge in [-0.2, -0.15) is 0 Å². The molecule has 0 bridgehead atoms. The van der Waals surface area contributed by atoms with Gasteiger partial charge in [0.05, 0.1) is 0 Å². The molecule has 0 fully saturated rings. The summed E-state index contributed by atoms with van der Waals surface area (Å²) in [5, 5.41) is 0.603. The van der Waals surface area contributed by atoms with Gasteiger partial charge in [-0.15, -0.1) is 0 Å². The van der Waals surface area contributed by atoms with Crippen LogP contribution in [0, 0.1) is 6.92 Å². The fraction of sp³-hybridized carbons (Fsp3) is 0.150. The van der Waals surface area contributed by atoms with Crippen molar-refractivity contribution >= 4 is 22.7 Å². The third kappa shape index (κ3) is 3.50. The lowest BCUT2D eigenvalue weighted by atomic mass is 10.1. The number of hydrogen-bond acceptors (Lipinski definition) is 5. The van der Waals surface area contributed by atoms with Crippen LogP contribution in [0.5, 0.6) is 0 Å². The summed E-state index contributed by atoms with van der Waals surface area (Å²) in [6.07, 6.45) is -1.01. The van der Waals surface area contributed by atoms with Crippen LogP contribution in [0.3, 0.4) is 0 Å². The minimum Gasteiger partial charge on any atom is -0.450 e. The third-order valence-corrected chi connectivity index (χ3v) is 3.85. The molecule has 3 aromatic rings. The summed E-state index contributed by atoms with van der Waals surface area (Å²) < 4.78 is 10.3. The zero-order valence-electron chi connectivity index (χ0n) is 13.8. The van der Waals surface area contributed by atoms with E-state index in [1.165, 1.54) is 13.0 Å². The first-order chi connectivity index (χ1) is 12.0. The van der Waals surface area contributed by atoms with Gasteiger partial charge in [0.25, 0.3) is 0 Å². The zero-order valence-corrected chi connectivity index (χ0v) is 13.8. The smallest absolute Gasteiger partial charge is 0.351 e. The highest BCUT2D eigenvalue weighted by molar-refractivity contribution is 6.01. The molecule has 0 aliphatic carbocycles. The highest BCUT2D eigenvalue weighted by atomic mass is 16.5. The van der Waals surface area contributed by atoms with E-state index in [1.54, 1.807) is 48.5 Å². The van der Waals surface area contributed by atoms with Crippen LogP contribution in [0.2, 0.25) is 0 Å². The van der Waals surface area contributed by atoms with Crippen LogP contribution in [0.15, 0.2) is 63.8 Å². The molecule has 0 aliphatic rings. The van der Waals surface area contributed by atoms with Gasteiger partial charge in [-0.05, 0) is 26.0 Å². The molecule has 5 nitrogen and oxygen atoms in total.